The van der Waals surface area contributed by atoms with Gasteiger partial charge < -0.3 is 9.84 Å². The summed E-state index contributed by atoms with van der Waals surface area (Å²) in [7, 11) is -1.51. The van der Waals surface area contributed by atoms with Crippen molar-refractivity contribution in [3.63, 3.8) is 0 Å². The normalized spacial score (nSPS) is 11.6. The van der Waals surface area contributed by atoms with Gasteiger partial charge in [-0.1, -0.05) is 12.1 Å². The van der Waals surface area contributed by atoms with Crippen molar-refractivity contribution in [2.45, 2.75) is 12.5 Å². The molecule has 1 aromatic rings. The summed E-state index contributed by atoms with van der Waals surface area (Å²) in [5.74, 6) is -0.630. The number of phenolic OH excluding ortho intramolecular Hbond substituents is 1. The average molecular weight is 257 g/mol. The van der Waals surface area contributed by atoms with E-state index < -0.39 is 22.5 Å². The summed E-state index contributed by atoms with van der Waals surface area (Å²) in [6, 6.07) is 4.95. The van der Waals surface area contributed by atoms with Gasteiger partial charge in [0.2, 0.25) is 0 Å². The van der Waals surface area contributed by atoms with E-state index >= 15 is 0 Å². The molecule has 0 bridgehead atoms. The Hall–Kier alpha value is -1.89. The number of carbonyl (C=O) groups excluding carboxylic acids is 1. The smallest absolute Gasteiger partial charge is 0.332 e. The van der Waals surface area contributed by atoms with Crippen LogP contribution in [0.4, 0.5) is 0 Å². The molecule has 0 aliphatic carbocycles. The van der Waals surface area contributed by atoms with Crippen molar-refractivity contribution in [3.05, 3.63) is 29.8 Å². The molecule has 0 saturated carbocycles. The zero-order chi connectivity index (χ0) is 12.8. The van der Waals surface area contributed by atoms with Crippen molar-refractivity contribution >= 4 is 16.5 Å². The number of carbonyl (C=O) groups is 1. The Morgan fingerprint density at radius 3 is 2.47 bits per heavy atom. The minimum Gasteiger partial charge on any atom is -0.508 e. The van der Waals surface area contributed by atoms with Gasteiger partial charge in [-0.2, -0.15) is 12.8 Å². The number of nitrogens with zero attached hydrogens (tertiary/aromatic N) is 1. The lowest BCUT2D eigenvalue weighted by molar-refractivity contribution is -0.142. The fourth-order valence-electron chi connectivity index (χ4n) is 1.26. The highest BCUT2D eigenvalue weighted by atomic mass is 32.2. The van der Waals surface area contributed by atoms with Gasteiger partial charge in [0.05, 0.1) is 7.11 Å². The van der Waals surface area contributed by atoms with Gasteiger partial charge in [0.25, 0.3) is 0 Å². The van der Waals surface area contributed by atoms with Crippen LogP contribution >= 0.6 is 0 Å². The molecule has 1 atom stereocenters. The number of hydrogen-bond acceptors (Lipinski definition) is 6. The average Bonchev–Trinajstić information content (AvgIpc) is 2.29. The minimum atomic E-state index is -2.67. The first-order valence-electron chi connectivity index (χ1n) is 4.69. The van der Waals surface area contributed by atoms with E-state index in [1.807, 2.05) is 0 Å². The fraction of sp³-hybridized carbons (Fsp3) is 0.300. The van der Waals surface area contributed by atoms with Crippen LogP contribution in [0.25, 0.3) is 0 Å². The Morgan fingerprint density at radius 2 is 2.00 bits per heavy atom. The summed E-state index contributed by atoms with van der Waals surface area (Å²) >= 11 is 0. The second-order valence-electron chi connectivity index (χ2n) is 3.23. The summed E-state index contributed by atoms with van der Waals surface area (Å²) in [4.78, 5) is 11.3. The van der Waals surface area contributed by atoms with Gasteiger partial charge in [-0.25, -0.2) is 4.79 Å². The Morgan fingerprint density at radius 1 is 1.41 bits per heavy atom. The van der Waals surface area contributed by atoms with Gasteiger partial charge in [0.1, 0.15) is 5.75 Å². The first-order valence-corrected chi connectivity index (χ1v) is 5.72. The van der Waals surface area contributed by atoms with Crippen molar-refractivity contribution in [3.8, 4) is 5.75 Å². The fourth-order valence-corrected chi connectivity index (χ4v) is 1.63. The van der Waals surface area contributed by atoms with E-state index in [1.54, 1.807) is 12.1 Å². The molecule has 6 nitrogen and oxygen atoms in total. The Bertz CT molecular complexity index is 512. The van der Waals surface area contributed by atoms with Crippen LogP contribution in [0.5, 0.6) is 5.75 Å². The summed E-state index contributed by atoms with van der Waals surface area (Å²) in [5, 5.41) is 9.08. The van der Waals surface area contributed by atoms with Gasteiger partial charge >= 0.3 is 16.5 Å². The molecule has 92 valence electrons. The maximum absolute atomic E-state index is 11.3. The molecule has 1 rings (SSSR count). The van der Waals surface area contributed by atoms with Gasteiger partial charge in [-0.05, 0) is 17.7 Å². The quantitative estimate of drug-likeness (QED) is 0.794. The standard InChI is InChI=1S/C10H11NO5S/c1-16-10(13)9(11-17(14)15)6-7-2-4-8(12)5-3-7/h2-5,9,12H,6H2,1H3/t9-/m0/s1. The van der Waals surface area contributed by atoms with Crippen LogP contribution in [0, 0.1) is 0 Å². The summed E-state index contributed by atoms with van der Waals surface area (Å²) in [6.45, 7) is 0. The molecular formula is C10H11NO5S. The topological polar surface area (TPSA) is 93.0 Å². The molecule has 0 radical (unpaired) electrons. The van der Waals surface area contributed by atoms with E-state index in [0.717, 1.165) is 7.11 Å². The van der Waals surface area contributed by atoms with E-state index in [1.165, 1.54) is 12.1 Å². The van der Waals surface area contributed by atoms with Gasteiger partial charge in [0.15, 0.2) is 6.04 Å². The zero-order valence-corrected chi connectivity index (χ0v) is 9.85. The van der Waals surface area contributed by atoms with E-state index in [2.05, 4.69) is 9.10 Å². The SMILES string of the molecule is COC(=O)[C@H](Cc1ccc(O)cc1)N=S(=O)=O. The van der Waals surface area contributed by atoms with Crippen molar-refractivity contribution in [1.82, 2.24) is 0 Å². The number of ether oxygens (including phenoxy) is 1. The highest BCUT2D eigenvalue weighted by Gasteiger charge is 2.19. The second-order valence-corrected chi connectivity index (χ2v) is 3.88. The van der Waals surface area contributed by atoms with Gasteiger partial charge in [-0.15, -0.1) is 0 Å². The van der Waals surface area contributed by atoms with Crippen molar-refractivity contribution in [2.75, 3.05) is 7.11 Å². The molecule has 0 amide bonds. The predicted molar refractivity (Wildman–Crippen MR) is 59.0 cm³/mol. The highest BCUT2D eigenvalue weighted by Crippen LogP contribution is 2.13. The summed E-state index contributed by atoms with van der Waals surface area (Å²) in [5.41, 5.74) is 0.674. The van der Waals surface area contributed by atoms with Crippen LogP contribution in [0.3, 0.4) is 0 Å². The van der Waals surface area contributed by atoms with Crippen LogP contribution in [0.1, 0.15) is 5.56 Å². The van der Waals surface area contributed by atoms with Crippen LogP contribution < -0.4 is 0 Å². The van der Waals surface area contributed by atoms with E-state index in [0.29, 0.717) is 5.56 Å². The number of hydrogen-bond donors (Lipinski definition) is 1. The molecule has 1 aromatic carbocycles. The number of aromatic hydroxyl groups is 1. The third-order valence-electron chi connectivity index (χ3n) is 2.05. The molecule has 17 heavy (non-hydrogen) atoms. The molecule has 0 aromatic heterocycles. The Balaban J connectivity index is 2.90. The largest absolute Gasteiger partial charge is 0.508 e. The Kier molecular flexibility index (Phi) is 4.65. The van der Waals surface area contributed by atoms with Crippen molar-refractivity contribution in [1.29, 1.82) is 0 Å². The monoisotopic (exact) mass is 257 g/mol. The molecule has 0 aliphatic heterocycles. The van der Waals surface area contributed by atoms with Crippen LogP contribution in [0.2, 0.25) is 0 Å². The third-order valence-corrected chi connectivity index (χ3v) is 2.48. The minimum absolute atomic E-state index is 0.0905. The third kappa shape index (κ3) is 4.23. The molecule has 0 saturated heterocycles. The molecule has 7 heteroatoms. The van der Waals surface area contributed by atoms with Gasteiger partial charge in [-0.3, -0.25) is 0 Å². The molecule has 0 aliphatic rings. The van der Waals surface area contributed by atoms with E-state index in [9.17, 15) is 13.2 Å². The number of methoxy groups -OCH3 is 1. The van der Waals surface area contributed by atoms with Crippen molar-refractivity contribution < 1.29 is 23.1 Å². The number of benzene rings is 1. The van der Waals surface area contributed by atoms with Crippen LogP contribution in [0.15, 0.2) is 28.6 Å². The molecule has 0 unspecified atom stereocenters. The number of rotatable bonds is 4. The highest BCUT2D eigenvalue weighted by molar-refractivity contribution is 7.61. The number of phenols is 1. The first-order chi connectivity index (χ1) is 8.02. The Labute approximate surface area is 99.6 Å². The molecule has 0 heterocycles. The van der Waals surface area contributed by atoms with E-state index in [4.69, 9.17) is 5.11 Å². The summed E-state index contributed by atoms with van der Waals surface area (Å²) in [6.07, 6.45) is 0.0981. The van der Waals surface area contributed by atoms with Crippen molar-refractivity contribution in [2.24, 2.45) is 4.36 Å². The molecule has 0 spiro atoms. The number of esters is 1. The molecule has 1 N–H and O–H groups in total. The zero-order valence-electron chi connectivity index (χ0n) is 9.03. The van der Waals surface area contributed by atoms with Crippen LogP contribution in [-0.4, -0.2) is 32.6 Å². The lowest BCUT2D eigenvalue weighted by Gasteiger charge is -2.07. The van der Waals surface area contributed by atoms with E-state index in [-0.39, 0.29) is 12.2 Å². The lowest BCUT2D eigenvalue weighted by Crippen LogP contribution is -2.22. The lowest BCUT2D eigenvalue weighted by atomic mass is 10.1. The second kappa shape index (κ2) is 6.00. The van der Waals surface area contributed by atoms with Crippen LogP contribution in [-0.2, 0) is 26.5 Å². The summed E-state index contributed by atoms with van der Waals surface area (Å²) < 4.78 is 28.6. The predicted octanol–water partition coefficient (Wildman–Crippen LogP) is 0.539. The first kappa shape index (κ1) is 13.2. The molecular weight excluding hydrogens is 246 g/mol. The maximum Gasteiger partial charge on any atom is 0.332 e. The van der Waals surface area contributed by atoms with Gasteiger partial charge in [0, 0.05) is 6.42 Å². The maximum atomic E-state index is 11.3. The molecule has 0 fully saturated rings.